The molecule has 0 fully saturated rings. The number of anilines is 1. The molecule has 0 amide bonds. The number of nitrogens with one attached hydrogen (secondary N) is 1. The van der Waals surface area contributed by atoms with Crippen LogP contribution in [0.2, 0.25) is 5.15 Å². The Morgan fingerprint density at radius 1 is 1.16 bits per heavy atom. The standard InChI is InChI=1S/C23H19ClN6OS/c1-3-13-32-23-26-22-19(27-28-23)16-11-7-8-12-17(16)25-21(31-22)18-14(2)29-30(20(18)24)15-9-5-4-6-10-15/h3-12,21,25H,1,13H2,2H3/t21-/m1/s1. The molecular formula is C23H19ClN6OS. The topological polar surface area (TPSA) is 77.8 Å². The van der Waals surface area contributed by atoms with Gasteiger partial charge in [0.1, 0.15) is 5.15 Å². The number of aromatic nitrogens is 5. The summed E-state index contributed by atoms with van der Waals surface area (Å²) in [4.78, 5) is 4.62. The second-order valence-electron chi connectivity index (χ2n) is 7.07. The van der Waals surface area contributed by atoms with Crippen LogP contribution in [0.1, 0.15) is 17.5 Å². The first-order chi connectivity index (χ1) is 15.7. The van der Waals surface area contributed by atoms with E-state index in [2.05, 4.69) is 32.2 Å². The van der Waals surface area contributed by atoms with Crippen molar-refractivity contribution in [3.8, 4) is 22.8 Å². The Morgan fingerprint density at radius 2 is 1.94 bits per heavy atom. The second kappa shape index (κ2) is 8.64. The van der Waals surface area contributed by atoms with Crippen molar-refractivity contribution in [3.05, 3.63) is 83.7 Å². The van der Waals surface area contributed by atoms with Crippen LogP contribution in [-0.4, -0.2) is 30.7 Å². The Balaban J connectivity index is 1.61. The van der Waals surface area contributed by atoms with Gasteiger partial charge in [-0.1, -0.05) is 65.8 Å². The normalized spacial score (nSPS) is 14.5. The average Bonchev–Trinajstić information content (AvgIpc) is 3.02. The molecule has 1 aliphatic heterocycles. The quantitative estimate of drug-likeness (QED) is 0.311. The molecule has 1 atom stereocenters. The van der Waals surface area contributed by atoms with E-state index in [9.17, 15) is 0 Å². The second-order valence-corrected chi connectivity index (χ2v) is 8.42. The molecule has 4 aromatic rings. The Hall–Kier alpha value is -3.36. The fraction of sp³-hybridized carbons (Fsp3) is 0.130. The van der Waals surface area contributed by atoms with Gasteiger partial charge in [-0.2, -0.15) is 10.1 Å². The third kappa shape index (κ3) is 3.72. The number of hydrogen-bond acceptors (Lipinski definition) is 7. The number of rotatable bonds is 5. The van der Waals surface area contributed by atoms with Crippen molar-refractivity contribution < 1.29 is 4.74 Å². The van der Waals surface area contributed by atoms with E-state index in [1.165, 1.54) is 11.8 Å². The van der Waals surface area contributed by atoms with Gasteiger partial charge in [-0.25, -0.2) is 4.68 Å². The molecule has 0 unspecified atom stereocenters. The number of para-hydroxylation sites is 2. The number of aryl methyl sites for hydroxylation is 1. The Morgan fingerprint density at radius 3 is 2.75 bits per heavy atom. The highest BCUT2D eigenvalue weighted by Gasteiger charge is 2.30. The molecular weight excluding hydrogens is 444 g/mol. The fourth-order valence-electron chi connectivity index (χ4n) is 3.52. The van der Waals surface area contributed by atoms with E-state index in [-0.39, 0.29) is 0 Å². The van der Waals surface area contributed by atoms with Crippen molar-refractivity contribution in [1.29, 1.82) is 0 Å². The third-order valence-corrected chi connectivity index (χ3v) is 6.17. The number of halogens is 1. The monoisotopic (exact) mass is 462 g/mol. The minimum Gasteiger partial charge on any atom is -0.447 e. The molecule has 0 radical (unpaired) electrons. The van der Waals surface area contributed by atoms with Crippen LogP contribution in [0.4, 0.5) is 5.69 Å². The number of fused-ring (bicyclic) bond motifs is 3. The van der Waals surface area contributed by atoms with Crippen LogP contribution in [0.3, 0.4) is 0 Å². The maximum atomic E-state index is 6.82. The van der Waals surface area contributed by atoms with Gasteiger partial charge in [0, 0.05) is 17.0 Å². The highest BCUT2D eigenvalue weighted by molar-refractivity contribution is 7.99. The van der Waals surface area contributed by atoms with Gasteiger partial charge < -0.3 is 10.1 Å². The maximum absolute atomic E-state index is 6.82. The molecule has 32 heavy (non-hydrogen) atoms. The van der Waals surface area contributed by atoms with Gasteiger partial charge in [0.2, 0.25) is 17.3 Å². The van der Waals surface area contributed by atoms with E-state index >= 15 is 0 Å². The summed E-state index contributed by atoms with van der Waals surface area (Å²) in [5.41, 5.74) is 4.63. The fourth-order valence-corrected chi connectivity index (χ4v) is 4.41. The van der Waals surface area contributed by atoms with Gasteiger partial charge in [-0.15, -0.1) is 16.8 Å². The molecule has 3 heterocycles. The van der Waals surface area contributed by atoms with E-state index in [0.717, 1.165) is 28.2 Å². The highest BCUT2D eigenvalue weighted by Crippen LogP contribution is 2.41. The van der Waals surface area contributed by atoms with E-state index in [4.69, 9.17) is 16.3 Å². The van der Waals surface area contributed by atoms with E-state index in [1.807, 2.05) is 61.5 Å². The first-order valence-corrected chi connectivity index (χ1v) is 11.3. The molecule has 0 saturated heterocycles. The first kappa shape index (κ1) is 20.5. The van der Waals surface area contributed by atoms with Crippen molar-refractivity contribution in [2.75, 3.05) is 11.1 Å². The van der Waals surface area contributed by atoms with Gasteiger partial charge in [-0.05, 0) is 25.1 Å². The summed E-state index contributed by atoms with van der Waals surface area (Å²) in [5.74, 6) is 1.06. The van der Waals surface area contributed by atoms with Crippen LogP contribution in [-0.2, 0) is 0 Å². The molecule has 1 aliphatic rings. The molecule has 0 bridgehead atoms. The molecule has 160 valence electrons. The lowest BCUT2D eigenvalue weighted by Gasteiger charge is -2.19. The van der Waals surface area contributed by atoms with Crippen LogP contribution in [0, 0.1) is 6.92 Å². The summed E-state index contributed by atoms with van der Waals surface area (Å²) in [6, 6.07) is 17.6. The van der Waals surface area contributed by atoms with Crippen LogP contribution < -0.4 is 10.1 Å². The Kier molecular flexibility index (Phi) is 5.55. The minimum absolute atomic E-state index is 0.386. The first-order valence-electron chi connectivity index (χ1n) is 9.97. The van der Waals surface area contributed by atoms with Crippen molar-refractivity contribution in [3.63, 3.8) is 0 Å². The molecule has 0 saturated carbocycles. The third-order valence-electron chi connectivity index (χ3n) is 4.97. The van der Waals surface area contributed by atoms with Gasteiger partial charge in [0.25, 0.3) is 0 Å². The number of thioether (sulfide) groups is 1. The lowest BCUT2D eigenvalue weighted by atomic mass is 10.1. The molecule has 2 aromatic heterocycles. The molecule has 2 aromatic carbocycles. The molecule has 5 rings (SSSR count). The Bertz CT molecular complexity index is 1290. The summed E-state index contributed by atoms with van der Waals surface area (Å²) < 4.78 is 8.06. The predicted octanol–water partition coefficient (Wildman–Crippen LogP) is 5.47. The van der Waals surface area contributed by atoms with Crippen molar-refractivity contribution in [2.24, 2.45) is 0 Å². The molecule has 1 N–H and O–H groups in total. The zero-order valence-electron chi connectivity index (χ0n) is 17.2. The van der Waals surface area contributed by atoms with Gasteiger partial charge in [0.15, 0.2) is 5.69 Å². The zero-order chi connectivity index (χ0) is 22.1. The van der Waals surface area contributed by atoms with Crippen molar-refractivity contribution in [2.45, 2.75) is 18.3 Å². The summed E-state index contributed by atoms with van der Waals surface area (Å²) in [7, 11) is 0. The lowest BCUT2D eigenvalue weighted by molar-refractivity contribution is 0.224. The number of benzene rings is 2. The highest BCUT2D eigenvalue weighted by atomic mass is 35.5. The number of nitrogens with zero attached hydrogens (tertiary/aromatic N) is 5. The van der Waals surface area contributed by atoms with Crippen LogP contribution in [0.25, 0.3) is 16.9 Å². The molecule has 0 spiro atoms. The van der Waals surface area contributed by atoms with E-state index in [1.54, 1.807) is 10.8 Å². The van der Waals surface area contributed by atoms with Crippen LogP contribution >= 0.6 is 23.4 Å². The summed E-state index contributed by atoms with van der Waals surface area (Å²) in [6.45, 7) is 5.65. The van der Waals surface area contributed by atoms with Crippen molar-refractivity contribution >= 4 is 29.1 Å². The largest absolute Gasteiger partial charge is 0.447 e. The summed E-state index contributed by atoms with van der Waals surface area (Å²) in [5, 5.41) is 17.7. The summed E-state index contributed by atoms with van der Waals surface area (Å²) in [6.07, 6.45) is 1.18. The van der Waals surface area contributed by atoms with Crippen LogP contribution in [0.15, 0.2) is 72.4 Å². The van der Waals surface area contributed by atoms with Crippen molar-refractivity contribution in [1.82, 2.24) is 25.0 Å². The van der Waals surface area contributed by atoms with E-state index in [0.29, 0.717) is 27.6 Å². The smallest absolute Gasteiger partial charge is 0.247 e. The predicted molar refractivity (Wildman–Crippen MR) is 126 cm³/mol. The minimum atomic E-state index is -0.615. The maximum Gasteiger partial charge on any atom is 0.247 e. The van der Waals surface area contributed by atoms with E-state index < -0.39 is 6.23 Å². The SMILES string of the molecule is C=CCSc1nnc2c(n1)O[C@H](c1c(C)nn(-c3ccccc3)c1Cl)Nc1ccccc1-2. The average molecular weight is 463 g/mol. The van der Waals surface area contributed by atoms with Crippen LogP contribution in [0.5, 0.6) is 5.88 Å². The lowest BCUT2D eigenvalue weighted by Crippen LogP contribution is -2.18. The number of hydrogen-bond donors (Lipinski definition) is 1. The van der Waals surface area contributed by atoms with Gasteiger partial charge in [0.05, 0.1) is 16.9 Å². The zero-order valence-corrected chi connectivity index (χ0v) is 18.8. The number of ether oxygens (including phenoxy) is 1. The summed E-state index contributed by atoms with van der Waals surface area (Å²) >= 11 is 8.26. The van der Waals surface area contributed by atoms with Gasteiger partial charge >= 0.3 is 0 Å². The molecule has 7 nitrogen and oxygen atoms in total. The van der Waals surface area contributed by atoms with Gasteiger partial charge in [-0.3, -0.25) is 0 Å². The Labute approximate surface area is 194 Å². The molecule has 9 heteroatoms. The molecule has 0 aliphatic carbocycles.